The molecule has 0 aromatic heterocycles. The van der Waals surface area contributed by atoms with Crippen molar-refractivity contribution in [2.45, 2.75) is 38.5 Å². The number of rotatable bonds is 7. The van der Waals surface area contributed by atoms with Gasteiger partial charge in [-0.15, -0.1) is 0 Å². The van der Waals surface area contributed by atoms with Gasteiger partial charge in [0.2, 0.25) is 5.91 Å². The number of hydrogen-bond acceptors (Lipinski definition) is 3. The number of carbonyl (C=O) groups is 3. The lowest BCUT2D eigenvalue weighted by Crippen LogP contribution is -2.54. The lowest BCUT2D eigenvalue weighted by molar-refractivity contribution is -0.160. The summed E-state index contributed by atoms with van der Waals surface area (Å²) in [5.41, 5.74) is -0.971. The maximum Gasteiger partial charge on any atom is 0.391 e. The molecule has 0 bridgehead atoms. The van der Waals surface area contributed by atoms with Gasteiger partial charge in [-0.3, -0.25) is 9.59 Å². The first-order valence-corrected chi connectivity index (χ1v) is 7.68. The highest BCUT2D eigenvalue weighted by Crippen LogP contribution is 2.22. The second-order valence-corrected chi connectivity index (χ2v) is 6.01. The van der Waals surface area contributed by atoms with Crippen LogP contribution in [0.25, 0.3) is 0 Å². The SMILES string of the molecule is CC(C)C(NC(=O)c1c(F)cccc1F)C(=O)NC(CC(F)(F)F)C(=O)O. The van der Waals surface area contributed by atoms with Crippen molar-refractivity contribution < 1.29 is 41.4 Å². The molecule has 2 amide bonds. The fraction of sp³-hybridized carbons (Fsp3) is 0.438. The number of halogens is 5. The highest BCUT2D eigenvalue weighted by atomic mass is 19.4. The number of benzene rings is 1. The quantitative estimate of drug-likeness (QED) is 0.616. The van der Waals surface area contributed by atoms with Crippen LogP contribution in [0.4, 0.5) is 22.0 Å². The number of aliphatic carboxylic acids is 1. The molecule has 3 N–H and O–H groups in total. The minimum absolute atomic E-state index is 0.718. The van der Waals surface area contributed by atoms with E-state index in [1.165, 1.54) is 13.8 Å². The zero-order chi connectivity index (χ0) is 20.9. The van der Waals surface area contributed by atoms with E-state index < -0.39 is 65.6 Å². The van der Waals surface area contributed by atoms with Gasteiger partial charge in [-0.1, -0.05) is 19.9 Å². The van der Waals surface area contributed by atoms with E-state index in [4.69, 9.17) is 5.11 Å². The molecule has 0 aliphatic heterocycles. The van der Waals surface area contributed by atoms with Gasteiger partial charge in [0.05, 0.1) is 6.42 Å². The van der Waals surface area contributed by atoms with Crippen LogP contribution in [0.2, 0.25) is 0 Å². The monoisotopic (exact) mass is 396 g/mol. The maximum absolute atomic E-state index is 13.7. The zero-order valence-corrected chi connectivity index (χ0v) is 14.2. The lowest BCUT2D eigenvalue weighted by Gasteiger charge is -2.24. The van der Waals surface area contributed by atoms with Gasteiger partial charge in [-0.2, -0.15) is 13.2 Å². The zero-order valence-electron chi connectivity index (χ0n) is 14.2. The summed E-state index contributed by atoms with van der Waals surface area (Å²) in [6, 6.07) is -1.16. The minimum atomic E-state index is -4.86. The molecule has 0 aliphatic carbocycles. The second-order valence-electron chi connectivity index (χ2n) is 6.01. The minimum Gasteiger partial charge on any atom is -0.480 e. The molecule has 0 radical (unpaired) electrons. The largest absolute Gasteiger partial charge is 0.480 e. The average Bonchev–Trinajstić information content (AvgIpc) is 2.49. The number of nitrogens with one attached hydrogen (secondary N) is 2. The maximum atomic E-state index is 13.7. The summed E-state index contributed by atoms with van der Waals surface area (Å²) in [6.07, 6.45) is -6.68. The van der Waals surface area contributed by atoms with E-state index in [2.05, 4.69) is 0 Å². The molecule has 6 nitrogen and oxygen atoms in total. The molecule has 0 saturated heterocycles. The van der Waals surface area contributed by atoms with Crippen LogP contribution in [0.5, 0.6) is 0 Å². The molecule has 0 heterocycles. The summed E-state index contributed by atoms with van der Waals surface area (Å²) in [5.74, 6) is -7.57. The second kappa shape index (κ2) is 8.78. The Bertz CT molecular complexity index is 701. The molecule has 2 unspecified atom stereocenters. The van der Waals surface area contributed by atoms with Crippen molar-refractivity contribution in [3.63, 3.8) is 0 Å². The third kappa shape index (κ3) is 6.50. The first-order valence-electron chi connectivity index (χ1n) is 7.68. The van der Waals surface area contributed by atoms with Crippen LogP contribution >= 0.6 is 0 Å². The molecule has 1 rings (SSSR count). The number of carboxylic acid groups (broad SMARTS) is 1. The molecular weight excluding hydrogens is 379 g/mol. The Balaban J connectivity index is 2.99. The van der Waals surface area contributed by atoms with Gasteiger partial charge in [-0.05, 0) is 18.1 Å². The summed E-state index contributed by atoms with van der Waals surface area (Å²) in [7, 11) is 0. The van der Waals surface area contributed by atoms with Gasteiger partial charge in [0.25, 0.3) is 5.91 Å². The first kappa shape index (κ1) is 22.3. The summed E-state index contributed by atoms with van der Waals surface area (Å²) >= 11 is 0. The molecular formula is C16H17F5N2O4. The van der Waals surface area contributed by atoms with Crippen molar-refractivity contribution in [3.8, 4) is 0 Å². The summed E-state index contributed by atoms with van der Waals surface area (Å²) in [6.45, 7) is 2.81. The van der Waals surface area contributed by atoms with Gasteiger partial charge < -0.3 is 15.7 Å². The van der Waals surface area contributed by atoms with Crippen molar-refractivity contribution in [3.05, 3.63) is 35.4 Å². The molecule has 150 valence electrons. The van der Waals surface area contributed by atoms with Gasteiger partial charge >= 0.3 is 12.1 Å². The molecule has 2 atom stereocenters. The van der Waals surface area contributed by atoms with E-state index in [-0.39, 0.29) is 0 Å². The van der Waals surface area contributed by atoms with Gasteiger partial charge in [0.15, 0.2) is 0 Å². The molecule has 0 fully saturated rings. The fourth-order valence-corrected chi connectivity index (χ4v) is 2.16. The molecule has 0 spiro atoms. The van der Waals surface area contributed by atoms with Crippen LogP contribution in [0.15, 0.2) is 18.2 Å². The fourth-order valence-electron chi connectivity index (χ4n) is 2.16. The van der Waals surface area contributed by atoms with Gasteiger partial charge in [-0.25, -0.2) is 13.6 Å². The Hall–Kier alpha value is -2.72. The van der Waals surface area contributed by atoms with Crippen molar-refractivity contribution in [1.82, 2.24) is 10.6 Å². The Labute approximate surface area is 150 Å². The van der Waals surface area contributed by atoms with Crippen molar-refractivity contribution >= 4 is 17.8 Å². The van der Waals surface area contributed by atoms with Crippen LogP contribution in [-0.4, -0.2) is 41.2 Å². The van der Waals surface area contributed by atoms with E-state index >= 15 is 0 Å². The first-order chi connectivity index (χ1) is 12.3. The molecule has 1 aromatic carbocycles. The third-order valence-corrected chi connectivity index (χ3v) is 3.48. The predicted octanol–water partition coefficient (Wildman–Crippen LogP) is 2.24. The highest BCUT2D eigenvalue weighted by molar-refractivity contribution is 5.98. The summed E-state index contributed by atoms with van der Waals surface area (Å²) < 4.78 is 64.6. The van der Waals surface area contributed by atoms with E-state index in [0.29, 0.717) is 0 Å². The van der Waals surface area contributed by atoms with Crippen molar-refractivity contribution in [1.29, 1.82) is 0 Å². The number of hydrogen-bond donors (Lipinski definition) is 3. The molecule has 1 aromatic rings. The molecule has 0 aliphatic rings. The van der Waals surface area contributed by atoms with Gasteiger partial charge in [0, 0.05) is 0 Å². The Morgan fingerprint density at radius 1 is 1.07 bits per heavy atom. The topological polar surface area (TPSA) is 95.5 Å². The smallest absolute Gasteiger partial charge is 0.391 e. The van der Waals surface area contributed by atoms with Crippen LogP contribution < -0.4 is 10.6 Å². The van der Waals surface area contributed by atoms with E-state index in [9.17, 15) is 36.3 Å². The summed E-state index contributed by atoms with van der Waals surface area (Å²) in [5, 5.41) is 12.5. The number of amides is 2. The Morgan fingerprint density at radius 2 is 1.59 bits per heavy atom. The Morgan fingerprint density at radius 3 is 2.00 bits per heavy atom. The summed E-state index contributed by atoms with van der Waals surface area (Å²) in [4.78, 5) is 35.2. The number of alkyl halides is 3. The molecule has 11 heteroatoms. The van der Waals surface area contributed by atoms with Crippen LogP contribution in [0, 0.1) is 17.6 Å². The normalized spacial score (nSPS) is 13.8. The standard InChI is InChI=1S/C16H17F5N2O4/c1-7(2)12(14(25)22-10(15(26)27)6-16(19,20)21)23-13(24)11-8(17)4-3-5-9(11)18/h3-5,7,10,12H,6H2,1-2H3,(H,22,25)(H,23,24)(H,26,27). The third-order valence-electron chi connectivity index (χ3n) is 3.48. The van der Waals surface area contributed by atoms with E-state index in [1.807, 2.05) is 5.32 Å². The van der Waals surface area contributed by atoms with Crippen LogP contribution in [0.1, 0.15) is 30.6 Å². The predicted molar refractivity (Wildman–Crippen MR) is 82.7 cm³/mol. The lowest BCUT2D eigenvalue weighted by atomic mass is 10.0. The van der Waals surface area contributed by atoms with E-state index in [1.54, 1.807) is 5.32 Å². The number of carbonyl (C=O) groups excluding carboxylic acids is 2. The Kier molecular flexibility index (Phi) is 7.26. The molecule has 0 saturated carbocycles. The van der Waals surface area contributed by atoms with Gasteiger partial charge in [0.1, 0.15) is 29.3 Å². The van der Waals surface area contributed by atoms with Crippen LogP contribution in [-0.2, 0) is 9.59 Å². The molecule has 27 heavy (non-hydrogen) atoms. The van der Waals surface area contributed by atoms with E-state index in [0.717, 1.165) is 18.2 Å². The van der Waals surface area contributed by atoms with Crippen molar-refractivity contribution in [2.24, 2.45) is 5.92 Å². The number of carboxylic acids is 1. The highest BCUT2D eigenvalue weighted by Gasteiger charge is 2.38. The average molecular weight is 396 g/mol. The van der Waals surface area contributed by atoms with Crippen molar-refractivity contribution in [2.75, 3.05) is 0 Å². The van der Waals surface area contributed by atoms with Crippen LogP contribution in [0.3, 0.4) is 0 Å².